The van der Waals surface area contributed by atoms with E-state index >= 15 is 0 Å². The summed E-state index contributed by atoms with van der Waals surface area (Å²) < 4.78 is 0. The van der Waals surface area contributed by atoms with E-state index in [4.69, 9.17) is 16.9 Å². The van der Waals surface area contributed by atoms with Gasteiger partial charge in [-0.2, -0.15) is 5.26 Å². The van der Waals surface area contributed by atoms with E-state index in [0.29, 0.717) is 12.0 Å². The van der Waals surface area contributed by atoms with E-state index in [1.165, 1.54) is 31.2 Å². The molecule has 0 atom stereocenters. The molecular formula is C15H19ClN2. The van der Waals surface area contributed by atoms with Crippen LogP contribution in [0.2, 0.25) is 5.02 Å². The lowest BCUT2D eigenvalue weighted by Crippen LogP contribution is -2.32. The van der Waals surface area contributed by atoms with Gasteiger partial charge in [-0.25, -0.2) is 0 Å². The normalized spacial score (nSPS) is 23.6. The minimum Gasteiger partial charge on any atom is -0.310 e. The summed E-state index contributed by atoms with van der Waals surface area (Å²) in [5.74, 6) is 0.628. The smallest absolute Gasteiger partial charge is 0.0624 e. The van der Waals surface area contributed by atoms with E-state index in [2.05, 4.69) is 23.5 Å². The van der Waals surface area contributed by atoms with Gasteiger partial charge in [0.1, 0.15) is 0 Å². The van der Waals surface area contributed by atoms with Gasteiger partial charge in [-0.05, 0) is 49.3 Å². The lowest BCUT2D eigenvalue weighted by Gasteiger charge is -2.28. The zero-order valence-electron chi connectivity index (χ0n) is 10.5. The molecule has 1 N–H and O–H groups in total. The van der Waals surface area contributed by atoms with Crippen LogP contribution in [0.3, 0.4) is 0 Å². The number of nitriles is 1. The Bertz CT molecular complexity index is 399. The third-order valence-corrected chi connectivity index (χ3v) is 3.99. The first-order valence-corrected chi connectivity index (χ1v) is 7.00. The molecule has 0 heterocycles. The number of nitrogens with one attached hydrogen (secondary N) is 1. The Labute approximate surface area is 114 Å². The van der Waals surface area contributed by atoms with Crippen LogP contribution in [-0.2, 0) is 6.54 Å². The minimum atomic E-state index is 0.607. The lowest BCUT2D eigenvalue weighted by molar-refractivity contribution is 0.294. The molecule has 1 aliphatic carbocycles. The second-order valence-corrected chi connectivity index (χ2v) is 5.52. The van der Waals surface area contributed by atoms with Gasteiger partial charge in [-0.3, -0.25) is 0 Å². The Balaban J connectivity index is 1.72. The molecule has 2 nitrogen and oxygen atoms in total. The third-order valence-electron chi connectivity index (χ3n) is 3.73. The molecule has 1 aromatic carbocycles. The van der Waals surface area contributed by atoms with Crippen molar-refractivity contribution < 1.29 is 0 Å². The molecule has 0 spiro atoms. The quantitative estimate of drug-likeness (QED) is 0.893. The van der Waals surface area contributed by atoms with Crippen molar-refractivity contribution in [3.05, 3.63) is 34.9 Å². The second-order valence-electron chi connectivity index (χ2n) is 5.09. The monoisotopic (exact) mass is 262 g/mol. The van der Waals surface area contributed by atoms with Gasteiger partial charge in [0, 0.05) is 24.0 Å². The van der Waals surface area contributed by atoms with Crippen molar-refractivity contribution in [3.63, 3.8) is 0 Å². The van der Waals surface area contributed by atoms with E-state index in [1.54, 1.807) is 0 Å². The average molecular weight is 263 g/mol. The van der Waals surface area contributed by atoms with Crippen LogP contribution in [0.1, 0.15) is 37.7 Å². The molecule has 0 bridgehead atoms. The summed E-state index contributed by atoms with van der Waals surface area (Å²) in [5, 5.41) is 13.1. The molecule has 1 saturated carbocycles. The second kappa shape index (κ2) is 6.78. The largest absolute Gasteiger partial charge is 0.310 e. The van der Waals surface area contributed by atoms with Gasteiger partial charge < -0.3 is 5.32 Å². The molecule has 0 amide bonds. The SMILES string of the molecule is N#CCC1CCC(NCc2ccc(Cl)cc2)CC1. The number of halogens is 1. The molecule has 0 radical (unpaired) electrons. The highest BCUT2D eigenvalue weighted by Crippen LogP contribution is 2.26. The Morgan fingerprint density at radius 3 is 2.44 bits per heavy atom. The zero-order chi connectivity index (χ0) is 12.8. The summed E-state index contributed by atoms with van der Waals surface area (Å²) in [5.41, 5.74) is 1.28. The van der Waals surface area contributed by atoms with Crippen LogP contribution in [0, 0.1) is 17.2 Å². The van der Waals surface area contributed by atoms with Crippen LogP contribution in [0.5, 0.6) is 0 Å². The van der Waals surface area contributed by atoms with Gasteiger partial charge >= 0.3 is 0 Å². The summed E-state index contributed by atoms with van der Waals surface area (Å²) in [6.45, 7) is 0.907. The fourth-order valence-corrected chi connectivity index (χ4v) is 2.69. The molecule has 1 fully saturated rings. The first kappa shape index (κ1) is 13.4. The maximum Gasteiger partial charge on any atom is 0.0624 e. The van der Waals surface area contributed by atoms with E-state index in [-0.39, 0.29) is 0 Å². The molecule has 3 heteroatoms. The van der Waals surface area contributed by atoms with Crippen LogP contribution < -0.4 is 5.32 Å². The molecule has 1 aromatic rings. The number of nitrogens with zero attached hydrogens (tertiary/aromatic N) is 1. The summed E-state index contributed by atoms with van der Waals surface area (Å²) in [6.07, 6.45) is 5.49. The number of benzene rings is 1. The van der Waals surface area contributed by atoms with Crippen LogP contribution in [0.15, 0.2) is 24.3 Å². The molecule has 0 unspecified atom stereocenters. The summed E-state index contributed by atoms with van der Waals surface area (Å²) in [6, 6.07) is 10.9. The predicted octanol–water partition coefficient (Wildman–Crippen LogP) is 3.90. The average Bonchev–Trinajstić information content (AvgIpc) is 2.40. The van der Waals surface area contributed by atoms with Gasteiger partial charge in [-0.15, -0.1) is 0 Å². The van der Waals surface area contributed by atoms with Crippen molar-refractivity contribution in [2.45, 2.75) is 44.7 Å². The fourth-order valence-electron chi connectivity index (χ4n) is 2.56. The van der Waals surface area contributed by atoms with E-state index < -0.39 is 0 Å². The Morgan fingerprint density at radius 2 is 1.83 bits per heavy atom. The van der Waals surface area contributed by atoms with Gasteiger partial charge in [0.25, 0.3) is 0 Å². The summed E-state index contributed by atoms with van der Waals surface area (Å²) in [4.78, 5) is 0. The Kier molecular flexibility index (Phi) is 5.04. The molecular weight excluding hydrogens is 244 g/mol. The van der Waals surface area contributed by atoms with Gasteiger partial charge in [-0.1, -0.05) is 23.7 Å². The summed E-state index contributed by atoms with van der Waals surface area (Å²) in [7, 11) is 0. The van der Waals surface area contributed by atoms with E-state index in [9.17, 15) is 0 Å². The van der Waals surface area contributed by atoms with Crippen molar-refractivity contribution in [2.24, 2.45) is 5.92 Å². The molecule has 0 aromatic heterocycles. The predicted molar refractivity (Wildman–Crippen MR) is 74.3 cm³/mol. The molecule has 1 aliphatic rings. The molecule has 2 rings (SSSR count). The number of hydrogen-bond donors (Lipinski definition) is 1. The van der Waals surface area contributed by atoms with E-state index in [0.717, 1.165) is 18.0 Å². The van der Waals surface area contributed by atoms with Gasteiger partial charge in [0.05, 0.1) is 6.07 Å². The van der Waals surface area contributed by atoms with Crippen molar-refractivity contribution >= 4 is 11.6 Å². The third kappa shape index (κ3) is 4.01. The number of hydrogen-bond acceptors (Lipinski definition) is 2. The highest BCUT2D eigenvalue weighted by molar-refractivity contribution is 6.30. The maximum absolute atomic E-state index is 8.68. The van der Waals surface area contributed by atoms with Crippen LogP contribution in [-0.4, -0.2) is 6.04 Å². The minimum absolute atomic E-state index is 0.607. The Morgan fingerprint density at radius 1 is 1.17 bits per heavy atom. The Hall–Kier alpha value is -1.04. The topological polar surface area (TPSA) is 35.8 Å². The van der Waals surface area contributed by atoms with Gasteiger partial charge in [0.2, 0.25) is 0 Å². The fraction of sp³-hybridized carbons (Fsp3) is 0.533. The molecule has 0 saturated heterocycles. The molecule has 0 aliphatic heterocycles. The summed E-state index contributed by atoms with van der Waals surface area (Å²) >= 11 is 5.86. The van der Waals surface area contributed by atoms with Crippen molar-refractivity contribution in [1.82, 2.24) is 5.32 Å². The maximum atomic E-state index is 8.68. The van der Waals surface area contributed by atoms with Crippen molar-refractivity contribution in [1.29, 1.82) is 5.26 Å². The first-order chi connectivity index (χ1) is 8.78. The van der Waals surface area contributed by atoms with Crippen molar-refractivity contribution in [2.75, 3.05) is 0 Å². The van der Waals surface area contributed by atoms with Crippen molar-refractivity contribution in [3.8, 4) is 6.07 Å². The zero-order valence-corrected chi connectivity index (χ0v) is 11.3. The standard InChI is InChI=1S/C15H19ClN2/c16-14-5-1-13(2-6-14)11-18-15-7-3-12(4-8-15)9-10-17/h1-2,5-6,12,15,18H,3-4,7-9,11H2. The number of rotatable bonds is 4. The van der Waals surface area contributed by atoms with Crippen LogP contribution in [0.4, 0.5) is 0 Å². The van der Waals surface area contributed by atoms with Crippen LogP contribution in [0.25, 0.3) is 0 Å². The molecule has 18 heavy (non-hydrogen) atoms. The highest BCUT2D eigenvalue weighted by atomic mass is 35.5. The highest BCUT2D eigenvalue weighted by Gasteiger charge is 2.20. The molecule has 96 valence electrons. The van der Waals surface area contributed by atoms with E-state index in [1.807, 2.05) is 12.1 Å². The van der Waals surface area contributed by atoms with Gasteiger partial charge in [0.15, 0.2) is 0 Å². The van der Waals surface area contributed by atoms with Crippen LogP contribution >= 0.6 is 11.6 Å². The lowest BCUT2D eigenvalue weighted by atomic mass is 9.84. The first-order valence-electron chi connectivity index (χ1n) is 6.62.